The average molecular weight is 447 g/mol. The lowest BCUT2D eigenvalue weighted by molar-refractivity contribution is -0.147. The van der Waals surface area contributed by atoms with E-state index in [1.165, 1.54) is 23.0 Å². The largest absolute Gasteiger partial charge is 0.456 e. The summed E-state index contributed by atoms with van der Waals surface area (Å²) < 4.78 is 31.4. The molecule has 0 spiro atoms. The number of thioether (sulfide) groups is 1. The van der Waals surface area contributed by atoms with Gasteiger partial charge in [0.25, 0.3) is 17.2 Å². The molecule has 0 saturated heterocycles. The van der Waals surface area contributed by atoms with E-state index in [4.69, 9.17) is 4.74 Å². The van der Waals surface area contributed by atoms with Crippen molar-refractivity contribution >= 4 is 40.2 Å². The first-order chi connectivity index (χ1) is 14.8. The lowest BCUT2D eigenvalue weighted by Gasteiger charge is -2.11. The van der Waals surface area contributed by atoms with E-state index >= 15 is 0 Å². The van der Waals surface area contributed by atoms with E-state index in [9.17, 15) is 23.2 Å². The number of ether oxygens (including phenoxy) is 1. The van der Waals surface area contributed by atoms with Gasteiger partial charge in [-0.05, 0) is 30.7 Å². The molecule has 0 radical (unpaired) electrons. The van der Waals surface area contributed by atoms with Gasteiger partial charge in [-0.25, -0.2) is 4.98 Å². The Balaban J connectivity index is 1.53. The van der Waals surface area contributed by atoms with Gasteiger partial charge in [-0.15, -0.1) is 0 Å². The van der Waals surface area contributed by atoms with Gasteiger partial charge in [0.05, 0.1) is 29.3 Å². The van der Waals surface area contributed by atoms with Crippen molar-refractivity contribution in [1.29, 1.82) is 0 Å². The third-order valence-electron chi connectivity index (χ3n) is 4.35. The number of aryl methyl sites for hydroxylation is 2. The van der Waals surface area contributed by atoms with Crippen LogP contribution >= 0.6 is 11.8 Å². The van der Waals surface area contributed by atoms with Gasteiger partial charge in [0.1, 0.15) is 0 Å². The Morgan fingerprint density at radius 1 is 1.19 bits per heavy atom. The Morgan fingerprint density at radius 2 is 1.97 bits per heavy atom. The fourth-order valence-corrected chi connectivity index (χ4v) is 3.48. The quantitative estimate of drug-likeness (QED) is 0.419. The molecule has 1 aromatic heterocycles. The fraction of sp³-hybridized carbons (Fsp3) is 0.238. The molecule has 7 nitrogen and oxygen atoms in total. The van der Waals surface area contributed by atoms with E-state index in [0.717, 1.165) is 5.56 Å². The molecule has 1 amide bonds. The number of halogens is 2. The first-order valence-corrected chi connectivity index (χ1v) is 10.2. The van der Waals surface area contributed by atoms with Crippen LogP contribution in [0.2, 0.25) is 0 Å². The number of carbonyl (C=O) groups is 2. The van der Waals surface area contributed by atoms with Crippen LogP contribution in [-0.4, -0.2) is 33.8 Å². The summed E-state index contributed by atoms with van der Waals surface area (Å²) in [5, 5.41) is 2.90. The molecule has 2 aromatic carbocycles. The first kappa shape index (κ1) is 22.4. The van der Waals surface area contributed by atoms with Gasteiger partial charge < -0.3 is 10.1 Å². The second-order valence-electron chi connectivity index (χ2n) is 6.55. The number of carbonyl (C=O) groups excluding carboxylic acids is 2. The molecular formula is C21H19F2N3O4S. The Labute approximate surface area is 180 Å². The number of para-hydroxylation sites is 2. The van der Waals surface area contributed by atoms with Crippen molar-refractivity contribution in [3.05, 3.63) is 64.7 Å². The van der Waals surface area contributed by atoms with Crippen LogP contribution in [0.3, 0.4) is 0 Å². The topological polar surface area (TPSA) is 90.3 Å². The minimum absolute atomic E-state index is 0.0457. The van der Waals surface area contributed by atoms with Crippen molar-refractivity contribution in [3.8, 4) is 0 Å². The van der Waals surface area contributed by atoms with Crippen LogP contribution in [0.1, 0.15) is 12.0 Å². The van der Waals surface area contributed by atoms with Gasteiger partial charge in [0.2, 0.25) is 0 Å². The van der Waals surface area contributed by atoms with Gasteiger partial charge in [-0.1, -0.05) is 36.0 Å². The number of rotatable bonds is 8. The van der Waals surface area contributed by atoms with Crippen LogP contribution in [0.25, 0.3) is 10.9 Å². The molecule has 162 valence electrons. The molecule has 10 heteroatoms. The summed E-state index contributed by atoms with van der Waals surface area (Å²) in [7, 11) is 0. The molecule has 0 unspecified atom stereocenters. The number of anilines is 1. The van der Waals surface area contributed by atoms with Gasteiger partial charge in [0.15, 0.2) is 6.61 Å². The molecule has 3 aromatic rings. The maximum absolute atomic E-state index is 12.6. The fourth-order valence-electron chi connectivity index (χ4n) is 2.88. The van der Waals surface area contributed by atoms with Crippen molar-refractivity contribution in [2.75, 3.05) is 11.9 Å². The van der Waals surface area contributed by atoms with Crippen LogP contribution in [0.15, 0.2) is 58.5 Å². The van der Waals surface area contributed by atoms with Crippen LogP contribution in [0, 0.1) is 6.92 Å². The van der Waals surface area contributed by atoms with Crippen LogP contribution in [0.5, 0.6) is 0 Å². The van der Waals surface area contributed by atoms with Crippen molar-refractivity contribution in [1.82, 2.24) is 9.55 Å². The molecule has 0 atom stereocenters. The second kappa shape index (κ2) is 10.2. The summed E-state index contributed by atoms with van der Waals surface area (Å²) in [5.74, 6) is -3.97. The van der Waals surface area contributed by atoms with E-state index in [1.54, 1.807) is 24.3 Å². The number of esters is 1. The number of nitrogens with one attached hydrogen (secondary N) is 1. The predicted octanol–water partition coefficient (Wildman–Crippen LogP) is 3.59. The molecular weight excluding hydrogens is 428 g/mol. The number of hydrogen-bond acceptors (Lipinski definition) is 6. The van der Waals surface area contributed by atoms with Gasteiger partial charge in [-0.2, -0.15) is 8.78 Å². The highest BCUT2D eigenvalue weighted by Gasteiger charge is 2.14. The highest BCUT2D eigenvalue weighted by atomic mass is 32.2. The number of benzene rings is 2. The van der Waals surface area contributed by atoms with E-state index in [-0.39, 0.29) is 29.1 Å². The number of amides is 1. The SMILES string of the molecule is Cc1cccc2c(=O)n(CCC(=O)OCC(=O)Nc3ccccc3SC(F)F)cnc12. The highest BCUT2D eigenvalue weighted by molar-refractivity contribution is 7.99. The van der Waals surface area contributed by atoms with Crippen molar-refractivity contribution in [2.45, 2.75) is 30.5 Å². The van der Waals surface area contributed by atoms with Crippen molar-refractivity contribution in [2.24, 2.45) is 0 Å². The number of alkyl halides is 2. The molecule has 0 aliphatic rings. The smallest absolute Gasteiger partial charge is 0.308 e. The molecule has 0 saturated carbocycles. The third kappa shape index (κ3) is 5.88. The van der Waals surface area contributed by atoms with E-state index in [0.29, 0.717) is 22.7 Å². The van der Waals surface area contributed by atoms with Crippen molar-refractivity contribution < 1.29 is 23.1 Å². The standard InChI is InChI=1S/C21H19F2N3O4S/c1-13-5-4-6-14-19(13)24-12-26(20(14)29)10-9-18(28)30-11-17(27)25-15-7-2-3-8-16(15)31-21(22)23/h2-8,12,21H,9-11H2,1H3,(H,25,27). The zero-order valence-corrected chi connectivity index (χ0v) is 17.3. The molecule has 0 aliphatic carbocycles. The van der Waals surface area contributed by atoms with Crippen LogP contribution in [-0.2, 0) is 20.9 Å². The molecule has 0 aliphatic heterocycles. The monoisotopic (exact) mass is 447 g/mol. The molecule has 1 heterocycles. The van der Waals surface area contributed by atoms with E-state index < -0.39 is 24.2 Å². The Hall–Kier alpha value is -3.27. The van der Waals surface area contributed by atoms with E-state index in [1.807, 2.05) is 13.0 Å². The summed E-state index contributed by atoms with van der Waals surface area (Å²) in [4.78, 5) is 41.0. The number of aromatic nitrogens is 2. The summed E-state index contributed by atoms with van der Waals surface area (Å²) >= 11 is 0.306. The zero-order chi connectivity index (χ0) is 22.4. The maximum atomic E-state index is 12.6. The molecule has 0 bridgehead atoms. The third-order valence-corrected chi connectivity index (χ3v) is 5.14. The highest BCUT2D eigenvalue weighted by Crippen LogP contribution is 2.31. The second-order valence-corrected chi connectivity index (χ2v) is 7.58. The molecule has 0 fully saturated rings. The minimum atomic E-state index is -2.63. The average Bonchev–Trinajstić information content (AvgIpc) is 2.73. The zero-order valence-electron chi connectivity index (χ0n) is 16.5. The predicted molar refractivity (Wildman–Crippen MR) is 113 cm³/mol. The van der Waals surface area contributed by atoms with Crippen molar-refractivity contribution in [3.63, 3.8) is 0 Å². The summed E-state index contributed by atoms with van der Waals surface area (Å²) in [6.07, 6.45) is 1.24. The lowest BCUT2D eigenvalue weighted by atomic mass is 10.1. The van der Waals surface area contributed by atoms with E-state index in [2.05, 4.69) is 10.3 Å². The normalized spacial score (nSPS) is 11.0. The maximum Gasteiger partial charge on any atom is 0.308 e. The van der Waals surface area contributed by atoms with Gasteiger partial charge >= 0.3 is 5.97 Å². The van der Waals surface area contributed by atoms with Gasteiger partial charge in [-0.3, -0.25) is 19.0 Å². The summed E-state index contributed by atoms with van der Waals surface area (Å²) in [5.41, 5.74) is 1.42. The number of nitrogens with zero attached hydrogens (tertiary/aromatic N) is 2. The number of hydrogen-bond donors (Lipinski definition) is 1. The molecule has 3 rings (SSSR count). The lowest BCUT2D eigenvalue weighted by Crippen LogP contribution is -2.24. The van der Waals surface area contributed by atoms with Gasteiger partial charge in [0, 0.05) is 11.4 Å². The Kier molecular flexibility index (Phi) is 7.35. The summed E-state index contributed by atoms with van der Waals surface area (Å²) in [6, 6.07) is 11.4. The molecule has 1 N–H and O–H groups in total. The Morgan fingerprint density at radius 3 is 2.74 bits per heavy atom. The molecule has 31 heavy (non-hydrogen) atoms. The minimum Gasteiger partial charge on any atom is -0.456 e. The summed E-state index contributed by atoms with van der Waals surface area (Å²) in [6.45, 7) is 1.33. The number of fused-ring (bicyclic) bond motifs is 1. The van der Waals surface area contributed by atoms with Crippen LogP contribution in [0.4, 0.5) is 14.5 Å². The Bertz CT molecular complexity index is 1170. The van der Waals surface area contributed by atoms with Crippen LogP contribution < -0.4 is 10.9 Å². The first-order valence-electron chi connectivity index (χ1n) is 9.29.